The Labute approximate surface area is 176 Å². The number of nitriles is 2. The van der Waals surface area contributed by atoms with Gasteiger partial charge in [0, 0.05) is 18.2 Å². The van der Waals surface area contributed by atoms with Gasteiger partial charge in [-0.15, -0.1) is 0 Å². The lowest BCUT2D eigenvalue weighted by atomic mass is 10.0. The first-order valence-electron chi connectivity index (χ1n) is 9.52. The van der Waals surface area contributed by atoms with Gasteiger partial charge < -0.3 is 21.5 Å². The number of benzene rings is 3. The third kappa shape index (κ3) is 4.63. The summed E-state index contributed by atoms with van der Waals surface area (Å²) in [6.07, 6.45) is 1.19. The Balaban J connectivity index is 1.89. The molecule has 0 bridgehead atoms. The Morgan fingerprint density at radius 3 is 2.20 bits per heavy atom. The van der Waals surface area contributed by atoms with Crippen molar-refractivity contribution in [2.24, 2.45) is 0 Å². The number of aryl methyl sites for hydroxylation is 3. The van der Waals surface area contributed by atoms with Gasteiger partial charge in [0.25, 0.3) is 0 Å². The highest BCUT2D eigenvalue weighted by Gasteiger charge is 2.13. The zero-order valence-electron chi connectivity index (χ0n) is 17.0. The van der Waals surface area contributed by atoms with Crippen LogP contribution in [0.15, 0.2) is 48.5 Å². The topological polar surface area (TPSA) is 121 Å². The Bertz CT molecular complexity index is 1130. The number of nitrogens with one attached hydrogen (secondary N) is 1. The first kappa shape index (κ1) is 20.6. The molecule has 3 rings (SSSR count). The second-order valence-electron chi connectivity index (χ2n) is 7.11. The smallest absolute Gasteiger partial charge is 0.152 e. The average molecular weight is 397 g/mol. The van der Waals surface area contributed by atoms with E-state index in [1.165, 1.54) is 0 Å². The molecule has 0 saturated carbocycles. The highest BCUT2D eigenvalue weighted by Crippen LogP contribution is 2.38. The summed E-state index contributed by atoms with van der Waals surface area (Å²) in [6, 6.07) is 18.8. The fourth-order valence-corrected chi connectivity index (χ4v) is 3.25. The van der Waals surface area contributed by atoms with Crippen molar-refractivity contribution in [2.75, 3.05) is 16.8 Å². The normalized spacial score (nSPS) is 10.1. The molecule has 30 heavy (non-hydrogen) atoms. The van der Waals surface area contributed by atoms with Crippen molar-refractivity contribution >= 4 is 22.7 Å². The Kier molecular flexibility index (Phi) is 6.10. The molecule has 0 aromatic heterocycles. The van der Waals surface area contributed by atoms with Gasteiger partial charge in [0.05, 0.1) is 34.8 Å². The lowest BCUT2D eigenvalue weighted by molar-refractivity contribution is 0.477. The maximum Gasteiger partial charge on any atom is 0.152 e. The molecule has 0 spiro atoms. The van der Waals surface area contributed by atoms with Crippen LogP contribution < -0.4 is 21.5 Å². The number of ether oxygens (including phenoxy) is 1. The number of nitrogens with two attached hydrogens (primary N) is 2. The Morgan fingerprint density at radius 2 is 1.60 bits per heavy atom. The number of hydrogen-bond acceptors (Lipinski definition) is 6. The van der Waals surface area contributed by atoms with Gasteiger partial charge in [-0.25, -0.2) is 0 Å². The number of hydrogen-bond donors (Lipinski definition) is 3. The van der Waals surface area contributed by atoms with Crippen LogP contribution in [0.3, 0.4) is 0 Å². The van der Waals surface area contributed by atoms with Crippen LogP contribution in [0.25, 0.3) is 0 Å². The summed E-state index contributed by atoms with van der Waals surface area (Å²) in [4.78, 5) is 0. The minimum Gasteiger partial charge on any atom is -0.455 e. The quantitative estimate of drug-likeness (QED) is 0.483. The van der Waals surface area contributed by atoms with Crippen LogP contribution in [0, 0.1) is 36.5 Å². The fraction of sp³-hybridized carbons (Fsp3) is 0.167. The zero-order chi connectivity index (χ0) is 21.7. The molecule has 3 aromatic rings. The van der Waals surface area contributed by atoms with Crippen molar-refractivity contribution in [3.8, 4) is 23.6 Å². The summed E-state index contributed by atoms with van der Waals surface area (Å²) in [5.74, 6) is 1.23. The van der Waals surface area contributed by atoms with E-state index in [9.17, 15) is 0 Å². The summed E-state index contributed by atoms with van der Waals surface area (Å²) < 4.78 is 6.17. The SMILES string of the molecule is Cc1cc(CCC#N)cc(C)c1Oc1cc(Nc2ccc(C#N)cc2)c(N)cc1N. The van der Waals surface area contributed by atoms with Crippen molar-refractivity contribution in [1.82, 2.24) is 0 Å². The van der Waals surface area contributed by atoms with Gasteiger partial charge in [-0.05, 0) is 67.3 Å². The van der Waals surface area contributed by atoms with Crippen LogP contribution in [0.2, 0.25) is 0 Å². The van der Waals surface area contributed by atoms with Gasteiger partial charge in [-0.3, -0.25) is 0 Å². The van der Waals surface area contributed by atoms with Crippen LogP contribution in [-0.4, -0.2) is 0 Å². The van der Waals surface area contributed by atoms with Gasteiger partial charge in [0.1, 0.15) is 5.75 Å². The zero-order valence-corrected chi connectivity index (χ0v) is 17.0. The van der Waals surface area contributed by atoms with Gasteiger partial charge in [-0.2, -0.15) is 10.5 Å². The van der Waals surface area contributed by atoms with E-state index in [0.717, 1.165) is 28.1 Å². The molecular weight excluding hydrogens is 374 g/mol. The second kappa shape index (κ2) is 8.89. The maximum absolute atomic E-state index is 8.94. The molecule has 0 aliphatic heterocycles. The number of rotatable bonds is 6. The third-order valence-electron chi connectivity index (χ3n) is 4.73. The van der Waals surface area contributed by atoms with Crippen molar-refractivity contribution in [2.45, 2.75) is 26.7 Å². The summed E-state index contributed by atoms with van der Waals surface area (Å²) >= 11 is 0. The molecule has 0 radical (unpaired) electrons. The highest BCUT2D eigenvalue weighted by atomic mass is 16.5. The van der Waals surface area contributed by atoms with E-state index in [1.54, 1.807) is 24.3 Å². The molecule has 0 aliphatic rings. The summed E-state index contributed by atoms with van der Waals surface area (Å²) in [5, 5.41) is 21.0. The monoisotopic (exact) mass is 397 g/mol. The molecule has 0 aliphatic carbocycles. The molecule has 0 saturated heterocycles. The van der Waals surface area contributed by atoms with Crippen molar-refractivity contribution in [1.29, 1.82) is 10.5 Å². The van der Waals surface area contributed by atoms with Gasteiger partial charge in [0.2, 0.25) is 0 Å². The Morgan fingerprint density at radius 1 is 0.933 bits per heavy atom. The van der Waals surface area contributed by atoms with Gasteiger partial charge in [-0.1, -0.05) is 12.1 Å². The molecule has 6 nitrogen and oxygen atoms in total. The van der Waals surface area contributed by atoms with E-state index < -0.39 is 0 Å². The molecule has 6 heteroatoms. The molecule has 0 amide bonds. The second-order valence-corrected chi connectivity index (χ2v) is 7.11. The molecule has 0 atom stereocenters. The van der Waals surface area contributed by atoms with Crippen LogP contribution in [0.4, 0.5) is 22.7 Å². The maximum atomic E-state index is 8.94. The van der Waals surface area contributed by atoms with Crippen molar-refractivity contribution in [3.63, 3.8) is 0 Å². The van der Waals surface area contributed by atoms with Crippen molar-refractivity contribution in [3.05, 3.63) is 70.8 Å². The largest absolute Gasteiger partial charge is 0.455 e. The summed E-state index contributed by atoms with van der Waals surface area (Å²) in [6.45, 7) is 3.95. The van der Waals surface area contributed by atoms with E-state index in [0.29, 0.717) is 41.2 Å². The minimum atomic E-state index is 0.435. The first-order chi connectivity index (χ1) is 14.4. The standard InChI is InChI=1S/C24H23N5O/c1-15-10-18(4-3-9-25)11-16(2)24(15)30-23-13-22(20(27)12-21(23)28)29-19-7-5-17(14-26)6-8-19/h5-8,10-13,29H,3-4,27-28H2,1-2H3. The molecule has 0 unspecified atom stereocenters. The van der Waals surface area contributed by atoms with Crippen LogP contribution in [0.1, 0.15) is 28.7 Å². The van der Waals surface area contributed by atoms with E-state index in [4.69, 9.17) is 26.7 Å². The molecule has 0 heterocycles. The van der Waals surface area contributed by atoms with Crippen molar-refractivity contribution < 1.29 is 4.74 Å². The first-order valence-corrected chi connectivity index (χ1v) is 9.52. The third-order valence-corrected chi connectivity index (χ3v) is 4.73. The van der Waals surface area contributed by atoms with E-state index in [2.05, 4.69) is 17.5 Å². The molecule has 5 N–H and O–H groups in total. The average Bonchev–Trinajstić information content (AvgIpc) is 2.72. The minimum absolute atomic E-state index is 0.435. The fourth-order valence-electron chi connectivity index (χ4n) is 3.25. The van der Waals surface area contributed by atoms with Gasteiger partial charge >= 0.3 is 0 Å². The molecule has 0 fully saturated rings. The van der Waals surface area contributed by atoms with Crippen LogP contribution >= 0.6 is 0 Å². The predicted octanol–water partition coefficient (Wildman–Crippen LogP) is 5.33. The molecule has 150 valence electrons. The van der Waals surface area contributed by atoms with Crippen LogP contribution in [-0.2, 0) is 6.42 Å². The summed E-state index contributed by atoms with van der Waals surface area (Å²) in [7, 11) is 0. The summed E-state index contributed by atoms with van der Waals surface area (Å²) in [5.41, 5.74) is 18.3. The van der Waals surface area contributed by atoms with E-state index in [1.807, 2.05) is 38.1 Å². The van der Waals surface area contributed by atoms with E-state index >= 15 is 0 Å². The Hall–Kier alpha value is -4.16. The van der Waals surface area contributed by atoms with Gasteiger partial charge in [0.15, 0.2) is 5.75 Å². The lowest BCUT2D eigenvalue weighted by Gasteiger charge is -2.17. The predicted molar refractivity (Wildman–Crippen MR) is 120 cm³/mol. The molecular formula is C24H23N5O. The number of nitrogens with zero attached hydrogens (tertiary/aromatic N) is 2. The number of nitrogen functional groups attached to an aromatic ring is 2. The lowest BCUT2D eigenvalue weighted by Crippen LogP contribution is -2.02. The van der Waals surface area contributed by atoms with Crippen LogP contribution in [0.5, 0.6) is 11.5 Å². The van der Waals surface area contributed by atoms with E-state index in [-0.39, 0.29) is 0 Å². The highest BCUT2D eigenvalue weighted by molar-refractivity contribution is 5.79. The molecule has 3 aromatic carbocycles. The number of anilines is 4.